The molecule has 4 nitrogen and oxygen atoms in total. The third-order valence-electron chi connectivity index (χ3n) is 3.23. The molecule has 0 unspecified atom stereocenters. The van der Waals surface area contributed by atoms with E-state index in [-0.39, 0.29) is 0 Å². The second-order valence-corrected chi connectivity index (χ2v) is 5.44. The molecule has 1 aromatic rings. The van der Waals surface area contributed by atoms with Crippen molar-refractivity contribution in [3.8, 4) is 0 Å². The molecule has 1 aliphatic carbocycles. The van der Waals surface area contributed by atoms with Gasteiger partial charge in [-0.3, -0.25) is 4.90 Å². The van der Waals surface area contributed by atoms with Crippen molar-refractivity contribution in [3.05, 3.63) is 5.01 Å². The molecule has 0 aliphatic heterocycles. The fraction of sp³-hybridized carbons (Fsp3) is 0.818. The van der Waals surface area contributed by atoms with Crippen LogP contribution in [0.25, 0.3) is 0 Å². The van der Waals surface area contributed by atoms with Gasteiger partial charge in [-0.25, -0.2) is 0 Å². The van der Waals surface area contributed by atoms with Crippen LogP contribution < -0.4 is 5.32 Å². The quantitative estimate of drug-likeness (QED) is 0.827. The van der Waals surface area contributed by atoms with E-state index >= 15 is 0 Å². The van der Waals surface area contributed by atoms with E-state index in [1.807, 2.05) is 7.05 Å². The highest BCUT2D eigenvalue weighted by Gasteiger charge is 2.20. The van der Waals surface area contributed by atoms with Gasteiger partial charge in [-0.15, -0.1) is 10.2 Å². The molecule has 0 radical (unpaired) electrons. The summed E-state index contributed by atoms with van der Waals surface area (Å²) < 4.78 is 0. The van der Waals surface area contributed by atoms with Crippen LogP contribution in [0.5, 0.6) is 0 Å². The first-order valence-electron chi connectivity index (χ1n) is 6.04. The van der Waals surface area contributed by atoms with Crippen LogP contribution in [0, 0.1) is 5.92 Å². The number of anilines is 1. The normalized spacial score (nSPS) is 16.4. The molecule has 1 N–H and O–H groups in total. The van der Waals surface area contributed by atoms with Crippen LogP contribution in [0.1, 0.15) is 31.2 Å². The molecule has 1 aromatic heterocycles. The second kappa shape index (κ2) is 5.59. The number of hydrogen-bond donors (Lipinski definition) is 1. The Morgan fingerprint density at radius 3 is 2.75 bits per heavy atom. The lowest BCUT2D eigenvalue weighted by Gasteiger charge is -2.31. The molecule has 0 bridgehead atoms. The lowest BCUT2D eigenvalue weighted by molar-refractivity contribution is 0.178. The molecule has 5 heteroatoms. The number of nitrogens with one attached hydrogen (secondary N) is 1. The Morgan fingerprint density at radius 2 is 2.25 bits per heavy atom. The summed E-state index contributed by atoms with van der Waals surface area (Å²) in [6, 6.07) is 0. The average molecular weight is 240 g/mol. The molecule has 0 saturated heterocycles. The molecule has 1 saturated carbocycles. The van der Waals surface area contributed by atoms with Crippen molar-refractivity contribution in [2.24, 2.45) is 5.92 Å². The molecule has 90 valence electrons. The van der Waals surface area contributed by atoms with Gasteiger partial charge in [0.2, 0.25) is 5.13 Å². The molecule has 1 aliphatic rings. The van der Waals surface area contributed by atoms with E-state index in [2.05, 4.69) is 27.3 Å². The van der Waals surface area contributed by atoms with Crippen LogP contribution in [0.2, 0.25) is 0 Å². The Kier molecular flexibility index (Phi) is 4.12. The predicted octanol–water partition coefficient (Wildman–Crippen LogP) is 2.20. The zero-order chi connectivity index (χ0) is 11.4. The van der Waals surface area contributed by atoms with Crippen LogP contribution in [-0.2, 0) is 6.54 Å². The number of rotatable bonds is 6. The number of hydrogen-bond acceptors (Lipinski definition) is 5. The molecular formula is C11H20N4S. The number of aromatic nitrogens is 2. The molecule has 1 heterocycles. The summed E-state index contributed by atoms with van der Waals surface area (Å²) in [5.74, 6) is 0.927. The maximum Gasteiger partial charge on any atom is 0.205 e. The van der Waals surface area contributed by atoms with E-state index in [4.69, 9.17) is 0 Å². The van der Waals surface area contributed by atoms with Gasteiger partial charge in [-0.2, -0.15) is 0 Å². The largest absolute Gasteiger partial charge is 0.363 e. The van der Waals surface area contributed by atoms with E-state index in [0.717, 1.165) is 29.1 Å². The van der Waals surface area contributed by atoms with Crippen LogP contribution in [0.4, 0.5) is 5.13 Å². The van der Waals surface area contributed by atoms with Crippen LogP contribution in [0.15, 0.2) is 0 Å². The lowest BCUT2D eigenvalue weighted by Crippen LogP contribution is -2.32. The van der Waals surface area contributed by atoms with Gasteiger partial charge in [-0.1, -0.05) is 24.7 Å². The minimum Gasteiger partial charge on any atom is -0.363 e. The molecule has 2 rings (SSSR count). The van der Waals surface area contributed by atoms with E-state index in [1.165, 1.54) is 25.8 Å². The summed E-state index contributed by atoms with van der Waals surface area (Å²) in [6.07, 6.45) is 4.24. The van der Waals surface area contributed by atoms with Crippen molar-refractivity contribution in [3.63, 3.8) is 0 Å². The van der Waals surface area contributed by atoms with Gasteiger partial charge in [0.05, 0.1) is 6.54 Å². The van der Waals surface area contributed by atoms with E-state index < -0.39 is 0 Å². The highest BCUT2D eigenvalue weighted by molar-refractivity contribution is 7.15. The smallest absolute Gasteiger partial charge is 0.205 e. The maximum absolute atomic E-state index is 4.19. The van der Waals surface area contributed by atoms with Gasteiger partial charge in [0.25, 0.3) is 0 Å². The molecule has 0 spiro atoms. The Morgan fingerprint density at radius 1 is 1.44 bits per heavy atom. The molecular weight excluding hydrogens is 220 g/mol. The van der Waals surface area contributed by atoms with E-state index in [9.17, 15) is 0 Å². The van der Waals surface area contributed by atoms with Crippen molar-refractivity contribution >= 4 is 16.5 Å². The van der Waals surface area contributed by atoms with Crippen LogP contribution >= 0.6 is 11.3 Å². The minimum atomic E-state index is 0.912. The summed E-state index contributed by atoms with van der Waals surface area (Å²) in [7, 11) is 1.89. The molecule has 0 aromatic carbocycles. The van der Waals surface area contributed by atoms with Crippen LogP contribution in [0.3, 0.4) is 0 Å². The highest BCUT2D eigenvalue weighted by atomic mass is 32.1. The monoisotopic (exact) mass is 240 g/mol. The summed E-state index contributed by atoms with van der Waals surface area (Å²) in [5.41, 5.74) is 0. The fourth-order valence-corrected chi connectivity index (χ4v) is 2.69. The zero-order valence-electron chi connectivity index (χ0n) is 10.1. The topological polar surface area (TPSA) is 41.1 Å². The van der Waals surface area contributed by atoms with Gasteiger partial charge in [0.15, 0.2) is 0 Å². The second-order valence-electron chi connectivity index (χ2n) is 4.38. The molecule has 0 atom stereocenters. The predicted molar refractivity (Wildman–Crippen MR) is 67.7 cm³/mol. The molecule has 16 heavy (non-hydrogen) atoms. The van der Waals surface area contributed by atoms with Crippen molar-refractivity contribution < 1.29 is 0 Å². The highest BCUT2D eigenvalue weighted by Crippen LogP contribution is 2.27. The Labute approximate surface area is 101 Å². The van der Waals surface area contributed by atoms with Gasteiger partial charge < -0.3 is 5.32 Å². The summed E-state index contributed by atoms with van der Waals surface area (Å²) in [5, 5.41) is 13.3. The number of nitrogens with zero attached hydrogens (tertiary/aromatic N) is 3. The van der Waals surface area contributed by atoms with E-state index in [1.54, 1.807) is 11.3 Å². The third kappa shape index (κ3) is 2.92. The van der Waals surface area contributed by atoms with Gasteiger partial charge >= 0.3 is 0 Å². The summed E-state index contributed by atoms with van der Waals surface area (Å²) in [6.45, 7) is 5.50. The van der Waals surface area contributed by atoms with Gasteiger partial charge in [-0.05, 0) is 25.3 Å². The Bertz CT molecular complexity index is 322. The SMILES string of the molecule is CCN(Cc1nnc(NC)s1)CC1CCC1. The van der Waals surface area contributed by atoms with E-state index in [0.29, 0.717) is 0 Å². The maximum atomic E-state index is 4.19. The summed E-state index contributed by atoms with van der Waals surface area (Å²) >= 11 is 1.65. The van der Waals surface area contributed by atoms with Crippen molar-refractivity contribution in [1.29, 1.82) is 0 Å². The van der Waals surface area contributed by atoms with Gasteiger partial charge in [0, 0.05) is 13.6 Å². The van der Waals surface area contributed by atoms with Crippen molar-refractivity contribution in [2.75, 3.05) is 25.5 Å². The van der Waals surface area contributed by atoms with Crippen LogP contribution in [-0.4, -0.2) is 35.2 Å². The Hall–Kier alpha value is -0.680. The standard InChI is InChI=1S/C11H20N4S/c1-3-15(7-9-5-4-6-9)8-10-13-14-11(12-2)16-10/h9H,3-8H2,1-2H3,(H,12,14). The lowest BCUT2D eigenvalue weighted by atomic mass is 9.85. The molecule has 1 fully saturated rings. The minimum absolute atomic E-state index is 0.912. The first-order chi connectivity index (χ1) is 7.81. The summed E-state index contributed by atoms with van der Waals surface area (Å²) in [4.78, 5) is 2.48. The molecule has 0 amide bonds. The zero-order valence-corrected chi connectivity index (χ0v) is 10.9. The van der Waals surface area contributed by atoms with Crippen molar-refractivity contribution in [2.45, 2.75) is 32.7 Å². The first-order valence-corrected chi connectivity index (χ1v) is 6.86. The third-order valence-corrected chi connectivity index (χ3v) is 4.15. The average Bonchev–Trinajstić information content (AvgIpc) is 2.69. The fourth-order valence-electron chi connectivity index (χ4n) is 1.96. The van der Waals surface area contributed by atoms with Gasteiger partial charge in [0.1, 0.15) is 5.01 Å². The first kappa shape index (κ1) is 11.8. The van der Waals surface area contributed by atoms with Crippen molar-refractivity contribution in [1.82, 2.24) is 15.1 Å². The Balaban J connectivity index is 1.84.